The fourth-order valence-corrected chi connectivity index (χ4v) is 2.13. The van der Waals surface area contributed by atoms with Gasteiger partial charge in [-0.3, -0.25) is 4.79 Å². The quantitative estimate of drug-likeness (QED) is 0.756. The zero-order valence-corrected chi connectivity index (χ0v) is 12.3. The minimum atomic E-state index is 0.117. The number of carbonyl (C=O) groups is 1. The number of nitrogens with one attached hydrogen (secondary N) is 2. The molecular formula is C16H26N2O. The van der Waals surface area contributed by atoms with Crippen LogP contribution >= 0.6 is 0 Å². The molecule has 0 saturated carbocycles. The molecule has 1 rings (SSSR count). The van der Waals surface area contributed by atoms with Crippen molar-refractivity contribution in [2.24, 2.45) is 0 Å². The lowest BCUT2D eigenvalue weighted by atomic mass is 10.0. The summed E-state index contributed by atoms with van der Waals surface area (Å²) in [6, 6.07) is 9.07. The van der Waals surface area contributed by atoms with Crippen LogP contribution in [-0.2, 0) is 11.2 Å². The smallest absolute Gasteiger partial charge is 0.221 e. The Morgan fingerprint density at radius 3 is 2.37 bits per heavy atom. The van der Waals surface area contributed by atoms with E-state index in [4.69, 9.17) is 0 Å². The van der Waals surface area contributed by atoms with Crippen LogP contribution in [-0.4, -0.2) is 19.0 Å². The van der Waals surface area contributed by atoms with Crippen LogP contribution in [0.3, 0.4) is 0 Å². The van der Waals surface area contributed by atoms with Gasteiger partial charge in [0.2, 0.25) is 5.91 Å². The average molecular weight is 262 g/mol. The molecule has 0 bridgehead atoms. The van der Waals surface area contributed by atoms with Gasteiger partial charge >= 0.3 is 0 Å². The van der Waals surface area contributed by atoms with Crippen molar-refractivity contribution >= 4 is 5.91 Å². The van der Waals surface area contributed by atoms with E-state index in [-0.39, 0.29) is 5.91 Å². The van der Waals surface area contributed by atoms with Crippen LogP contribution in [0.4, 0.5) is 0 Å². The van der Waals surface area contributed by atoms with E-state index >= 15 is 0 Å². The van der Waals surface area contributed by atoms with Gasteiger partial charge in [0.25, 0.3) is 0 Å². The van der Waals surface area contributed by atoms with Gasteiger partial charge in [-0.1, -0.05) is 38.1 Å². The Bertz CT molecular complexity index is 373. The Kier molecular flexibility index (Phi) is 7.19. The maximum Gasteiger partial charge on any atom is 0.221 e. The molecule has 0 aromatic heterocycles. The molecule has 2 N–H and O–H groups in total. The molecule has 0 aliphatic rings. The minimum Gasteiger partial charge on any atom is -0.356 e. The highest BCUT2D eigenvalue weighted by atomic mass is 16.1. The molecule has 0 aliphatic heterocycles. The second-order valence-corrected chi connectivity index (χ2v) is 4.71. The van der Waals surface area contributed by atoms with Crippen molar-refractivity contribution in [3.8, 4) is 0 Å². The van der Waals surface area contributed by atoms with Crippen molar-refractivity contribution in [3.63, 3.8) is 0 Å². The number of rotatable bonds is 8. The largest absolute Gasteiger partial charge is 0.356 e. The summed E-state index contributed by atoms with van der Waals surface area (Å²) < 4.78 is 0. The third-order valence-electron chi connectivity index (χ3n) is 3.32. The van der Waals surface area contributed by atoms with Crippen LogP contribution in [0.25, 0.3) is 0 Å². The molecule has 19 heavy (non-hydrogen) atoms. The molecule has 0 aliphatic carbocycles. The molecule has 1 unspecified atom stereocenters. The van der Waals surface area contributed by atoms with Crippen LogP contribution in [0.2, 0.25) is 0 Å². The zero-order valence-electron chi connectivity index (χ0n) is 12.3. The van der Waals surface area contributed by atoms with Gasteiger partial charge in [0.05, 0.1) is 0 Å². The average Bonchev–Trinajstić information content (AvgIpc) is 2.44. The lowest BCUT2D eigenvalue weighted by molar-refractivity contribution is -0.120. The summed E-state index contributed by atoms with van der Waals surface area (Å²) in [7, 11) is 0. The summed E-state index contributed by atoms with van der Waals surface area (Å²) in [6.07, 6.45) is 2.64. The zero-order chi connectivity index (χ0) is 14.1. The highest BCUT2D eigenvalue weighted by Crippen LogP contribution is 2.17. The topological polar surface area (TPSA) is 41.1 Å². The summed E-state index contributed by atoms with van der Waals surface area (Å²) in [6.45, 7) is 7.69. The maximum atomic E-state index is 11.4. The molecule has 0 fully saturated rings. The minimum absolute atomic E-state index is 0.117. The number of hydrogen-bond donors (Lipinski definition) is 2. The van der Waals surface area contributed by atoms with Crippen LogP contribution in [0, 0.1) is 0 Å². The fourth-order valence-electron chi connectivity index (χ4n) is 2.13. The highest BCUT2D eigenvalue weighted by Gasteiger charge is 2.09. The molecule has 3 nitrogen and oxygen atoms in total. The summed E-state index contributed by atoms with van der Waals surface area (Å²) in [4.78, 5) is 11.4. The van der Waals surface area contributed by atoms with E-state index in [0.717, 1.165) is 19.4 Å². The summed E-state index contributed by atoms with van der Waals surface area (Å²) >= 11 is 0. The van der Waals surface area contributed by atoms with Crippen LogP contribution in [0.15, 0.2) is 24.3 Å². The fraction of sp³-hybridized carbons (Fsp3) is 0.562. The lowest BCUT2D eigenvalue weighted by Crippen LogP contribution is -2.29. The number of amides is 1. The molecule has 1 amide bonds. The SMILES string of the molecule is CCNC(=O)CCNC(CC)c1ccc(CC)cc1. The molecular weight excluding hydrogens is 236 g/mol. The molecule has 1 atom stereocenters. The van der Waals surface area contributed by atoms with Crippen molar-refractivity contribution < 1.29 is 4.79 Å². The Labute approximate surface area is 116 Å². The van der Waals surface area contributed by atoms with Gasteiger partial charge in [-0.15, -0.1) is 0 Å². The Morgan fingerprint density at radius 1 is 1.16 bits per heavy atom. The van der Waals surface area contributed by atoms with Crippen LogP contribution in [0.5, 0.6) is 0 Å². The number of hydrogen-bond acceptors (Lipinski definition) is 2. The van der Waals surface area contributed by atoms with Gasteiger partial charge < -0.3 is 10.6 Å². The van der Waals surface area contributed by atoms with Gasteiger partial charge in [-0.25, -0.2) is 0 Å². The first-order valence-electron chi connectivity index (χ1n) is 7.30. The van der Waals surface area contributed by atoms with E-state index in [2.05, 4.69) is 48.7 Å². The van der Waals surface area contributed by atoms with Crippen molar-refractivity contribution in [3.05, 3.63) is 35.4 Å². The molecule has 0 spiro atoms. The third-order valence-corrected chi connectivity index (χ3v) is 3.32. The normalized spacial score (nSPS) is 12.2. The van der Waals surface area contributed by atoms with E-state index in [9.17, 15) is 4.79 Å². The first-order chi connectivity index (χ1) is 9.21. The maximum absolute atomic E-state index is 11.4. The summed E-state index contributed by atoms with van der Waals surface area (Å²) in [5, 5.41) is 6.26. The van der Waals surface area contributed by atoms with E-state index in [1.807, 2.05) is 6.92 Å². The van der Waals surface area contributed by atoms with Crippen LogP contribution in [0.1, 0.15) is 50.8 Å². The van der Waals surface area contributed by atoms with Gasteiger partial charge in [-0.2, -0.15) is 0 Å². The van der Waals surface area contributed by atoms with E-state index < -0.39 is 0 Å². The monoisotopic (exact) mass is 262 g/mol. The van der Waals surface area contributed by atoms with E-state index in [1.165, 1.54) is 11.1 Å². The van der Waals surface area contributed by atoms with Gasteiger partial charge in [0.1, 0.15) is 0 Å². The number of carbonyl (C=O) groups excluding carboxylic acids is 1. The van der Waals surface area contributed by atoms with Gasteiger partial charge in [-0.05, 0) is 30.9 Å². The highest BCUT2D eigenvalue weighted by molar-refractivity contribution is 5.75. The summed E-state index contributed by atoms with van der Waals surface area (Å²) in [5.41, 5.74) is 2.66. The van der Waals surface area contributed by atoms with Crippen LogP contribution < -0.4 is 10.6 Å². The van der Waals surface area contributed by atoms with E-state index in [1.54, 1.807) is 0 Å². The lowest BCUT2D eigenvalue weighted by Gasteiger charge is -2.17. The first kappa shape index (κ1) is 15.7. The van der Waals surface area contributed by atoms with Crippen molar-refractivity contribution in [1.82, 2.24) is 10.6 Å². The Hall–Kier alpha value is -1.35. The Morgan fingerprint density at radius 2 is 1.84 bits per heavy atom. The molecule has 3 heteroatoms. The molecule has 0 saturated heterocycles. The Balaban J connectivity index is 2.46. The molecule has 1 aromatic rings. The number of benzene rings is 1. The molecule has 1 aromatic carbocycles. The summed E-state index contributed by atoms with van der Waals surface area (Å²) in [5.74, 6) is 0.117. The van der Waals surface area contributed by atoms with Gasteiger partial charge in [0, 0.05) is 25.6 Å². The molecule has 0 heterocycles. The van der Waals surface area contributed by atoms with Crippen molar-refractivity contribution in [2.75, 3.05) is 13.1 Å². The van der Waals surface area contributed by atoms with Gasteiger partial charge in [0.15, 0.2) is 0 Å². The van der Waals surface area contributed by atoms with E-state index in [0.29, 0.717) is 19.0 Å². The third kappa shape index (κ3) is 5.43. The predicted molar refractivity (Wildman–Crippen MR) is 80.2 cm³/mol. The standard InChI is InChI=1S/C16H26N2O/c1-4-13-7-9-14(10-8-13)15(5-2)18-12-11-16(19)17-6-3/h7-10,15,18H,4-6,11-12H2,1-3H3,(H,17,19). The molecule has 0 radical (unpaired) electrons. The second-order valence-electron chi connectivity index (χ2n) is 4.71. The molecule has 106 valence electrons. The second kappa shape index (κ2) is 8.70. The number of aryl methyl sites for hydroxylation is 1. The first-order valence-corrected chi connectivity index (χ1v) is 7.30. The predicted octanol–water partition coefficient (Wildman–Crippen LogP) is 2.82. The van der Waals surface area contributed by atoms with Crippen molar-refractivity contribution in [1.29, 1.82) is 0 Å². The van der Waals surface area contributed by atoms with Crippen molar-refractivity contribution in [2.45, 2.75) is 46.1 Å².